The Morgan fingerprint density at radius 2 is 1.91 bits per heavy atom. The van der Waals surface area contributed by atoms with E-state index in [9.17, 15) is 9.59 Å². The molecule has 0 aliphatic heterocycles. The highest BCUT2D eigenvalue weighted by Gasteiger charge is 2.13. The van der Waals surface area contributed by atoms with Gasteiger partial charge in [0.2, 0.25) is 11.8 Å². The van der Waals surface area contributed by atoms with Crippen molar-refractivity contribution in [1.29, 1.82) is 0 Å². The molecule has 0 spiro atoms. The highest BCUT2D eigenvalue weighted by Crippen LogP contribution is 2.20. The zero-order chi connectivity index (χ0) is 16.7. The number of nitrogens with one attached hydrogen (secondary N) is 1. The second kappa shape index (κ2) is 8.29. The summed E-state index contributed by atoms with van der Waals surface area (Å²) >= 11 is 6.00. The van der Waals surface area contributed by atoms with Gasteiger partial charge in [-0.2, -0.15) is 0 Å². The molecule has 5 nitrogen and oxygen atoms in total. The van der Waals surface area contributed by atoms with Gasteiger partial charge < -0.3 is 10.2 Å². The quantitative estimate of drug-likeness (QED) is 0.884. The van der Waals surface area contributed by atoms with Crippen molar-refractivity contribution in [3.63, 3.8) is 0 Å². The molecule has 0 unspecified atom stereocenters. The molecule has 23 heavy (non-hydrogen) atoms. The van der Waals surface area contributed by atoms with E-state index in [1.165, 1.54) is 6.92 Å². The minimum atomic E-state index is -0.189. The van der Waals surface area contributed by atoms with Gasteiger partial charge in [-0.25, -0.2) is 0 Å². The number of hydrogen-bond donors (Lipinski definition) is 1. The highest BCUT2D eigenvalue weighted by atomic mass is 35.5. The monoisotopic (exact) mass is 331 g/mol. The standard InChI is InChI=1S/C17H18ClN3O2/c1-13(22)21(12-14-6-4-5-10-19-14)11-9-17(23)20-16-8-3-2-7-15(16)18/h2-8,10H,9,11-12H2,1H3,(H,20,23). The maximum absolute atomic E-state index is 12.0. The lowest BCUT2D eigenvalue weighted by atomic mass is 10.2. The van der Waals surface area contributed by atoms with E-state index in [-0.39, 0.29) is 18.2 Å². The third kappa shape index (κ3) is 5.38. The van der Waals surface area contributed by atoms with E-state index in [2.05, 4.69) is 10.3 Å². The first-order valence-electron chi connectivity index (χ1n) is 7.26. The number of hydrogen-bond acceptors (Lipinski definition) is 3. The molecule has 1 N–H and O–H groups in total. The van der Waals surface area contributed by atoms with E-state index < -0.39 is 0 Å². The van der Waals surface area contributed by atoms with Crippen LogP contribution in [0.3, 0.4) is 0 Å². The summed E-state index contributed by atoms with van der Waals surface area (Å²) in [5.74, 6) is -0.286. The highest BCUT2D eigenvalue weighted by molar-refractivity contribution is 6.33. The van der Waals surface area contributed by atoms with Gasteiger partial charge >= 0.3 is 0 Å². The summed E-state index contributed by atoms with van der Waals surface area (Å²) in [7, 11) is 0. The van der Waals surface area contributed by atoms with E-state index in [1.54, 1.807) is 35.4 Å². The van der Waals surface area contributed by atoms with Gasteiger partial charge in [0.15, 0.2) is 0 Å². The van der Waals surface area contributed by atoms with Crippen molar-refractivity contribution in [1.82, 2.24) is 9.88 Å². The summed E-state index contributed by atoms with van der Waals surface area (Å²) in [6.45, 7) is 2.19. The van der Waals surface area contributed by atoms with E-state index in [4.69, 9.17) is 11.6 Å². The summed E-state index contributed by atoms with van der Waals surface area (Å²) in [5.41, 5.74) is 1.35. The Kier molecular flexibility index (Phi) is 6.11. The Balaban J connectivity index is 1.90. The number of rotatable bonds is 6. The lowest BCUT2D eigenvalue weighted by Crippen LogP contribution is -2.31. The molecule has 0 saturated carbocycles. The van der Waals surface area contributed by atoms with Crippen molar-refractivity contribution >= 4 is 29.1 Å². The van der Waals surface area contributed by atoms with Gasteiger partial charge in [0.05, 0.1) is 22.9 Å². The molecule has 0 fully saturated rings. The van der Waals surface area contributed by atoms with Gasteiger partial charge in [-0.05, 0) is 24.3 Å². The van der Waals surface area contributed by atoms with Gasteiger partial charge in [0.25, 0.3) is 0 Å². The van der Waals surface area contributed by atoms with Crippen LogP contribution in [0.2, 0.25) is 5.02 Å². The molecule has 2 amide bonds. The van der Waals surface area contributed by atoms with Gasteiger partial charge in [-0.3, -0.25) is 14.6 Å². The smallest absolute Gasteiger partial charge is 0.226 e. The average molecular weight is 332 g/mol. The maximum atomic E-state index is 12.0. The van der Waals surface area contributed by atoms with Crippen LogP contribution in [-0.4, -0.2) is 28.2 Å². The normalized spacial score (nSPS) is 10.2. The topological polar surface area (TPSA) is 62.3 Å². The van der Waals surface area contributed by atoms with E-state index in [0.29, 0.717) is 23.8 Å². The Morgan fingerprint density at radius 1 is 1.17 bits per heavy atom. The number of pyridine rings is 1. The van der Waals surface area contributed by atoms with Crippen LogP contribution in [0.15, 0.2) is 48.7 Å². The van der Waals surface area contributed by atoms with E-state index in [1.807, 2.05) is 18.2 Å². The van der Waals surface area contributed by atoms with Crippen LogP contribution in [0.4, 0.5) is 5.69 Å². The summed E-state index contributed by atoms with van der Waals surface area (Å²) in [6.07, 6.45) is 1.87. The van der Waals surface area contributed by atoms with Crippen molar-refractivity contribution in [3.05, 3.63) is 59.4 Å². The SMILES string of the molecule is CC(=O)N(CCC(=O)Nc1ccccc1Cl)Cc1ccccn1. The zero-order valence-electron chi connectivity index (χ0n) is 12.8. The van der Waals surface area contributed by atoms with Crippen molar-refractivity contribution in [2.45, 2.75) is 19.9 Å². The van der Waals surface area contributed by atoms with E-state index in [0.717, 1.165) is 5.69 Å². The van der Waals surface area contributed by atoms with Crippen LogP contribution in [0.25, 0.3) is 0 Å². The third-order valence-corrected chi connectivity index (χ3v) is 3.61. The Bertz CT molecular complexity index is 677. The molecule has 2 rings (SSSR count). The number of carbonyl (C=O) groups excluding carboxylic acids is 2. The first-order chi connectivity index (χ1) is 11.1. The molecule has 0 aliphatic rings. The van der Waals surface area contributed by atoms with Crippen molar-refractivity contribution in [3.8, 4) is 0 Å². The van der Waals surface area contributed by atoms with Crippen molar-refractivity contribution in [2.75, 3.05) is 11.9 Å². The summed E-state index contributed by atoms with van der Waals surface area (Å²) in [5, 5.41) is 3.23. The molecule has 6 heteroatoms. The molecule has 120 valence electrons. The van der Waals surface area contributed by atoms with Crippen LogP contribution in [0.5, 0.6) is 0 Å². The molecule has 0 saturated heterocycles. The van der Waals surface area contributed by atoms with Crippen LogP contribution < -0.4 is 5.32 Å². The summed E-state index contributed by atoms with van der Waals surface area (Å²) < 4.78 is 0. The number of anilines is 1. The predicted molar refractivity (Wildman–Crippen MR) is 90.0 cm³/mol. The number of halogens is 1. The molecule has 1 heterocycles. The molecule has 2 aromatic rings. The van der Waals surface area contributed by atoms with Gasteiger partial charge in [-0.1, -0.05) is 29.8 Å². The van der Waals surface area contributed by atoms with Crippen LogP contribution in [0, 0.1) is 0 Å². The number of para-hydroxylation sites is 1. The molecule has 1 aromatic heterocycles. The maximum Gasteiger partial charge on any atom is 0.226 e. The number of aromatic nitrogens is 1. The molecular weight excluding hydrogens is 314 g/mol. The molecule has 0 bridgehead atoms. The number of nitrogens with zero attached hydrogens (tertiary/aromatic N) is 2. The lowest BCUT2D eigenvalue weighted by Gasteiger charge is -2.20. The van der Waals surface area contributed by atoms with Gasteiger partial charge in [0.1, 0.15) is 0 Å². The second-order valence-electron chi connectivity index (χ2n) is 5.04. The first kappa shape index (κ1) is 17.0. The largest absolute Gasteiger partial charge is 0.337 e. The van der Waals surface area contributed by atoms with Gasteiger partial charge in [-0.15, -0.1) is 0 Å². The average Bonchev–Trinajstić information content (AvgIpc) is 2.54. The Hall–Kier alpha value is -2.40. The van der Waals surface area contributed by atoms with Gasteiger partial charge in [0, 0.05) is 26.1 Å². The Labute approximate surface area is 140 Å². The zero-order valence-corrected chi connectivity index (χ0v) is 13.6. The minimum absolute atomic E-state index is 0.0961. The summed E-state index contributed by atoms with van der Waals surface area (Å²) in [6, 6.07) is 12.6. The van der Waals surface area contributed by atoms with Crippen molar-refractivity contribution < 1.29 is 9.59 Å². The van der Waals surface area contributed by atoms with Crippen LogP contribution in [-0.2, 0) is 16.1 Å². The minimum Gasteiger partial charge on any atom is -0.337 e. The molecule has 0 radical (unpaired) electrons. The predicted octanol–water partition coefficient (Wildman–Crippen LogP) is 3.11. The molecule has 1 aromatic carbocycles. The summed E-state index contributed by atoms with van der Waals surface area (Å²) in [4.78, 5) is 29.5. The van der Waals surface area contributed by atoms with E-state index >= 15 is 0 Å². The molecular formula is C17H18ClN3O2. The van der Waals surface area contributed by atoms with Crippen molar-refractivity contribution in [2.24, 2.45) is 0 Å². The third-order valence-electron chi connectivity index (χ3n) is 3.28. The fourth-order valence-corrected chi connectivity index (χ4v) is 2.23. The Morgan fingerprint density at radius 3 is 2.57 bits per heavy atom. The fourth-order valence-electron chi connectivity index (χ4n) is 2.05. The first-order valence-corrected chi connectivity index (χ1v) is 7.64. The van der Waals surface area contributed by atoms with Crippen LogP contribution in [0.1, 0.15) is 19.0 Å². The lowest BCUT2D eigenvalue weighted by molar-refractivity contribution is -0.130. The van der Waals surface area contributed by atoms with Crippen LogP contribution >= 0.6 is 11.6 Å². The fraction of sp³-hybridized carbons (Fsp3) is 0.235. The second-order valence-corrected chi connectivity index (χ2v) is 5.45. The number of benzene rings is 1. The molecule has 0 atom stereocenters. The molecule has 0 aliphatic carbocycles. The number of carbonyl (C=O) groups is 2. The number of amides is 2.